The average molecular weight is 232 g/mol. The summed E-state index contributed by atoms with van der Waals surface area (Å²) >= 11 is 5.97. The van der Waals surface area contributed by atoms with Gasteiger partial charge in [-0.3, -0.25) is 4.79 Å². The molecule has 0 unspecified atom stereocenters. The third kappa shape index (κ3) is 4.02. The minimum atomic E-state index is 0.0980. The van der Waals surface area contributed by atoms with Crippen LogP contribution in [-0.2, 0) is 4.79 Å². The molecule has 1 fully saturated rings. The summed E-state index contributed by atoms with van der Waals surface area (Å²) < 4.78 is 0. The van der Waals surface area contributed by atoms with E-state index in [2.05, 4.69) is 19.2 Å². The van der Waals surface area contributed by atoms with Gasteiger partial charge in [0.1, 0.15) is 0 Å². The van der Waals surface area contributed by atoms with Crippen LogP contribution in [-0.4, -0.2) is 18.3 Å². The van der Waals surface area contributed by atoms with Crippen molar-refractivity contribution in [1.29, 1.82) is 0 Å². The fourth-order valence-electron chi connectivity index (χ4n) is 1.68. The molecule has 15 heavy (non-hydrogen) atoms. The van der Waals surface area contributed by atoms with Gasteiger partial charge in [0.15, 0.2) is 0 Å². The molecule has 88 valence electrons. The van der Waals surface area contributed by atoms with Crippen LogP contribution in [0.15, 0.2) is 0 Å². The van der Waals surface area contributed by atoms with Crippen LogP contribution in [0.5, 0.6) is 0 Å². The largest absolute Gasteiger partial charge is 0.355 e. The van der Waals surface area contributed by atoms with Crippen molar-refractivity contribution in [1.82, 2.24) is 5.32 Å². The smallest absolute Gasteiger partial charge is 0.220 e. The fraction of sp³-hybridized carbons (Fsp3) is 0.917. The fourth-order valence-corrected chi connectivity index (χ4v) is 2.15. The number of carbonyl (C=O) groups is 1. The van der Waals surface area contributed by atoms with Gasteiger partial charge in [-0.15, -0.1) is 11.6 Å². The van der Waals surface area contributed by atoms with Gasteiger partial charge in [0.25, 0.3) is 0 Å². The van der Waals surface area contributed by atoms with E-state index in [9.17, 15) is 4.79 Å². The second-order valence-corrected chi connectivity index (χ2v) is 5.03. The maximum absolute atomic E-state index is 11.5. The molecule has 0 aromatic heterocycles. The summed E-state index contributed by atoms with van der Waals surface area (Å²) in [7, 11) is 0. The van der Waals surface area contributed by atoms with Gasteiger partial charge in [-0.25, -0.2) is 0 Å². The zero-order chi connectivity index (χ0) is 11.3. The molecule has 1 N–H and O–H groups in total. The second kappa shape index (κ2) is 5.74. The third-order valence-electron chi connectivity index (χ3n) is 3.62. The standard InChI is InChI=1S/C12H22ClNO/c1-3-12(4-2,8-13)9-14-11(15)7-10-5-6-10/h10H,3-9H2,1-2H3,(H,14,15). The molecule has 1 saturated carbocycles. The molecule has 2 nitrogen and oxygen atoms in total. The Morgan fingerprint density at radius 1 is 1.40 bits per heavy atom. The predicted octanol–water partition coefficient (Wildman–Crippen LogP) is 2.95. The Bertz CT molecular complexity index is 201. The van der Waals surface area contributed by atoms with E-state index in [0.717, 1.165) is 19.4 Å². The van der Waals surface area contributed by atoms with E-state index >= 15 is 0 Å². The minimum absolute atomic E-state index is 0.0980. The molecule has 1 aliphatic carbocycles. The Morgan fingerprint density at radius 3 is 2.40 bits per heavy atom. The molecule has 1 aliphatic rings. The first-order valence-electron chi connectivity index (χ1n) is 5.98. The third-order valence-corrected chi connectivity index (χ3v) is 4.18. The first-order chi connectivity index (χ1) is 7.15. The van der Waals surface area contributed by atoms with Gasteiger partial charge in [0.2, 0.25) is 5.91 Å². The van der Waals surface area contributed by atoms with Crippen molar-refractivity contribution in [3.8, 4) is 0 Å². The summed E-state index contributed by atoms with van der Waals surface area (Å²) in [6.07, 6.45) is 5.23. The zero-order valence-corrected chi connectivity index (χ0v) is 10.6. The molecule has 0 spiro atoms. The normalized spacial score (nSPS) is 16.5. The van der Waals surface area contributed by atoms with Crippen LogP contribution in [0.3, 0.4) is 0 Å². The van der Waals surface area contributed by atoms with Crippen LogP contribution in [0.4, 0.5) is 0 Å². The van der Waals surface area contributed by atoms with Gasteiger partial charge in [-0.1, -0.05) is 13.8 Å². The first-order valence-corrected chi connectivity index (χ1v) is 6.52. The van der Waals surface area contributed by atoms with E-state index in [0.29, 0.717) is 18.2 Å². The topological polar surface area (TPSA) is 29.1 Å². The summed E-state index contributed by atoms with van der Waals surface area (Å²) in [6.45, 7) is 5.01. The number of nitrogens with one attached hydrogen (secondary N) is 1. The maximum Gasteiger partial charge on any atom is 0.220 e. The quantitative estimate of drug-likeness (QED) is 0.671. The van der Waals surface area contributed by atoms with Gasteiger partial charge in [0.05, 0.1) is 0 Å². The highest BCUT2D eigenvalue weighted by atomic mass is 35.5. The van der Waals surface area contributed by atoms with Crippen molar-refractivity contribution >= 4 is 17.5 Å². The molecular formula is C12H22ClNO. The molecule has 3 heteroatoms. The monoisotopic (exact) mass is 231 g/mol. The molecule has 0 heterocycles. The summed E-state index contributed by atoms with van der Waals surface area (Å²) in [6, 6.07) is 0. The number of carbonyl (C=O) groups excluding carboxylic acids is 1. The summed E-state index contributed by atoms with van der Waals surface area (Å²) in [5.41, 5.74) is 0.0980. The van der Waals surface area contributed by atoms with Gasteiger partial charge < -0.3 is 5.32 Å². The molecule has 1 amide bonds. The highest BCUT2D eigenvalue weighted by Gasteiger charge is 2.28. The van der Waals surface area contributed by atoms with Crippen molar-refractivity contribution in [2.24, 2.45) is 11.3 Å². The Balaban J connectivity index is 2.28. The molecule has 0 radical (unpaired) electrons. The van der Waals surface area contributed by atoms with Gasteiger partial charge >= 0.3 is 0 Å². The van der Waals surface area contributed by atoms with E-state index in [-0.39, 0.29) is 11.3 Å². The lowest BCUT2D eigenvalue weighted by molar-refractivity contribution is -0.121. The number of hydrogen-bond acceptors (Lipinski definition) is 1. The van der Waals surface area contributed by atoms with Crippen LogP contribution < -0.4 is 5.32 Å². The van der Waals surface area contributed by atoms with E-state index in [1.165, 1.54) is 12.8 Å². The molecule has 0 aromatic rings. The SMILES string of the molecule is CCC(CC)(CCl)CNC(=O)CC1CC1. The lowest BCUT2D eigenvalue weighted by atomic mass is 9.84. The number of hydrogen-bond donors (Lipinski definition) is 1. The molecule has 0 saturated heterocycles. The van der Waals surface area contributed by atoms with E-state index in [1.807, 2.05) is 0 Å². The molecule has 1 rings (SSSR count). The highest BCUT2D eigenvalue weighted by Crippen LogP contribution is 2.32. The van der Waals surface area contributed by atoms with Crippen molar-refractivity contribution in [3.63, 3.8) is 0 Å². The van der Waals surface area contributed by atoms with Gasteiger partial charge in [-0.05, 0) is 31.6 Å². The summed E-state index contributed by atoms with van der Waals surface area (Å²) in [4.78, 5) is 11.5. The van der Waals surface area contributed by atoms with E-state index in [4.69, 9.17) is 11.6 Å². The molecule has 0 bridgehead atoms. The van der Waals surface area contributed by atoms with Crippen LogP contribution in [0, 0.1) is 11.3 Å². The Morgan fingerprint density at radius 2 is 2.00 bits per heavy atom. The van der Waals surface area contributed by atoms with Crippen LogP contribution >= 0.6 is 11.6 Å². The van der Waals surface area contributed by atoms with Crippen molar-refractivity contribution in [3.05, 3.63) is 0 Å². The number of alkyl halides is 1. The number of rotatable bonds is 7. The number of amides is 1. The van der Waals surface area contributed by atoms with E-state index < -0.39 is 0 Å². The van der Waals surface area contributed by atoms with Crippen molar-refractivity contribution < 1.29 is 4.79 Å². The predicted molar refractivity (Wildman–Crippen MR) is 64.1 cm³/mol. The van der Waals surface area contributed by atoms with Crippen molar-refractivity contribution in [2.75, 3.05) is 12.4 Å². The summed E-state index contributed by atoms with van der Waals surface area (Å²) in [5, 5.41) is 3.02. The Kier molecular flexibility index (Phi) is 4.91. The lowest BCUT2D eigenvalue weighted by Gasteiger charge is -2.29. The van der Waals surface area contributed by atoms with Crippen LogP contribution in [0.25, 0.3) is 0 Å². The highest BCUT2D eigenvalue weighted by molar-refractivity contribution is 6.18. The Hall–Kier alpha value is -0.240. The zero-order valence-electron chi connectivity index (χ0n) is 9.81. The average Bonchev–Trinajstić information content (AvgIpc) is 3.05. The van der Waals surface area contributed by atoms with Crippen LogP contribution in [0.2, 0.25) is 0 Å². The molecule has 0 atom stereocenters. The lowest BCUT2D eigenvalue weighted by Crippen LogP contribution is -2.38. The molecule has 0 aromatic carbocycles. The molecule has 0 aliphatic heterocycles. The minimum Gasteiger partial charge on any atom is -0.355 e. The van der Waals surface area contributed by atoms with Crippen LogP contribution in [0.1, 0.15) is 46.0 Å². The number of halogens is 1. The van der Waals surface area contributed by atoms with Gasteiger partial charge in [-0.2, -0.15) is 0 Å². The van der Waals surface area contributed by atoms with E-state index in [1.54, 1.807) is 0 Å². The van der Waals surface area contributed by atoms with Crippen molar-refractivity contribution in [2.45, 2.75) is 46.0 Å². The maximum atomic E-state index is 11.5. The second-order valence-electron chi connectivity index (χ2n) is 4.76. The Labute approximate surface area is 97.8 Å². The summed E-state index contributed by atoms with van der Waals surface area (Å²) in [5.74, 6) is 1.50. The molecular weight excluding hydrogens is 210 g/mol. The first kappa shape index (κ1) is 12.8. The van der Waals surface area contributed by atoms with Gasteiger partial charge in [0, 0.05) is 24.3 Å².